The van der Waals surface area contributed by atoms with Crippen molar-refractivity contribution in [3.63, 3.8) is 0 Å². The number of rotatable bonds is 9. The molecule has 0 aromatic heterocycles. The van der Waals surface area contributed by atoms with Crippen molar-refractivity contribution in [2.75, 3.05) is 20.7 Å². The summed E-state index contributed by atoms with van der Waals surface area (Å²) in [6.07, 6.45) is -1.43. The Kier molecular flexibility index (Phi) is 10.0. The highest BCUT2D eigenvalue weighted by atomic mass is 16.6. The van der Waals surface area contributed by atoms with Crippen LogP contribution in [0.1, 0.15) is 49.9 Å². The van der Waals surface area contributed by atoms with Crippen molar-refractivity contribution in [2.24, 2.45) is 5.73 Å². The number of likely N-dealkylation sites (N-methyl/N-ethyl adjacent to an activating group) is 1. The molecule has 0 bridgehead atoms. The van der Waals surface area contributed by atoms with Gasteiger partial charge < -0.3 is 30.7 Å². The summed E-state index contributed by atoms with van der Waals surface area (Å²) in [6, 6.07) is 2.77. The summed E-state index contributed by atoms with van der Waals surface area (Å²) in [5.41, 5.74) is 6.62. The first-order chi connectivity index (χ1) is 15.7. The maximum atomic E-state index is 13.3. The number of carbonyl (C=O) groups is 5. The molecule has 0 aliphatic rings. The maximum absolute atomic E-state index is 13.3. The first kappa shape index (κ1) is 28.4. The molecule has 0 radical (unpaired) electrons. The van der Waals surface area contributed by atoms with Crippen LogP contribution >= 0.6 is 0 Å². The van der Waals surface area contributed by atoms with E-state index >= 15 is 0 Å². The van der Waals surface area contributed by atoms with Crippen LogP contribution < -0.4 is 16.4 Å². The number of hydrogen-bond donors (Lipinski definition) is 3. The van der Waals surface area contributed by atoms with Crippen molar-refractivity contribution >= 4 is 29.8 Å². The lowest BCUT2D eigenvalue weighted by atomic mass is 9.96. The Labute approximate surface area is 199 Å². The maximum Gasteiger partial charge on any atom is 0.408 e. The van der Waals surface area contributed by atoms with Gasteiger partial charge in [0.25, 0.3) is 0 Å². The summed E-state index contributed by atoms with van der Waals surface area (Å²) in [7, 11) is 2.54. The lowest BCUT2D eigenvalue weighted by Crippen LogP contribution is -2.53. The number of aryl methyl sites for hydroxylation is 2. The smallest absolute Gasteiger partial charge is 0.408 e. The number of nitrogens with one attached hydrogen (secondary N) is 2. The third-order valence-electron chi connectivity index (χ3n) is 4.73. The van der Waals surface area contributed by atoms with Gasteiger partial charge in [0.05, 0.1) is 13.5 Å². The van der Waals surface area contributed by atoms with E-state index in [0.717, 1.165) is 16.0 Å². The van der Waals surface area contributed by atoms with Gasteiger partial charge in [-0.2, -0.15) is 0 Å². The predicted octanol–water partition coefficient (Wildman–Crippen LogP) is 0.861. The lowest BCUT2D eigenvalue weighted by Gasteiger charge is -2.32. The number of ether oxygens (including phenoxy) is 2. The number of benzene rings is 1. The monoisotopic (exact) mass is 478 g/mol. The van der Waals surface area contributed by atoms with Crippen LogP contribution in [0.3, 0.4) is 0 Å². The standard InChI is InChI=1S/C23H34N4O7/c1-13-8-9-15(14(2)10-13)19(20(30)25-12-18(29)33-7)27(6)21(31)16(11-17(24)28)26-22(32)34-23(3,4)5/h8-10,16,19H,11-12H2,1-7H3,(H2,24,28)(H,25,30)(H,26,32). The van der Waals surface area contributed by atoms with Crippen molar-refractivity contribution in [1.82, 2.24) is 15.5 Å². The number of methoxy groups -OCH3 is 1. The van der Waals surface area contributed by atoms with E-state index in [-0.39, 0.29) is 0 Å². The van der Waals surface area contributed by atoms with Gasteiger partial charge in [-0.1, -0.05) is 23.8 Å². The van der Waals surface area contributed by atoms with Gasteiger partial charge >= 0.3 is 12.1 Å². The normalized spacial score (nSPS) is 12.7. The van der Waals surface area contributed by atoms with E-state index in [4.69, 9.17) is 10.5 Å². The molecule has 1 aromatic carbocycles. The highest BCUT2D eigenvalue weighted by molar-refractivity contribution is 5.95. The second-order valence-corrected chi connectivity index (χ2v) is 8.87. The first-order valence-electron chi connectivity index (χ1n) is 10.6. The molecular weight excluding hydrogens is 444 g/mol. The zero-order chi connectivity index (χ0) is 26.2. The van der Waals surface area contributed by atoms with Gasteiger partial charge in [-0.25, -0.2) is 4.79 Å². The Balaban J connectivity index is 3.32. The van der Waals surface area contributed by atoms with Gasteiger partial charge in [0.2, 0.25) is 17.7 Å². The number of alkyl carbamates (subject to hydrolysis) is 1. The molecule has 0 saturated heterocycles. The molecule has 11 heteroatoms. The van der Waals surface area contributed by atoms with Crippen LogP contribution in [0, 0.1) is 13.8 Å². The van der Waals surface area contributed by atoms with Gasteiger partial charge in [0.1, 0.15) is 24.2 Å². The van der Waals surface area contributed by atoms with Crippen LogP contribution in [0.5, 0.6) is 0 Å². The molecule has 4 N–H and O–H groups in total. The van der Waals surface area contributed by atoms with E-state index in [1.807, 2.05) is 13.0 Å². The van der Waals surface area contributed by atoms with Gasteiger partial charge in [-0.15, -0.1) is 0 Å². The quantitative estimate of drug-likeness (QED) is 0.444. The van der Waals surface area contributed by atoms with Gasteiger partial charge in [-0.3, -0.25) is 19.2 Å². The number of nitrogens with zero attached hydrogens (tertiary/aromatic N) is 1. The molecule has 4 amide bonds. The Hall–Kier alpha value is -3.63. The summed E-state index contributed by atoms with van der Waals surface area (Å²) in [5, 5.41) is 4.80. The second-order valence-electron chi connectivity index (χ2n) is 8.87. The minimum Gasteiger partial charge on any atom is -0.468 e. The summed E-state index contributed by atoms with van der Waals surface area (Å²) < 4.78 is 9.73. The largest absolute Gasteiger partial charge is 0.468 e. The highest BCUT2D eigenvalue weighted by Gasteiger charge is 2.35. The van der Waals surface area contributed by atoms with E-state index in [1.54, 1.807) is 39.8 Å². The SMILES string of the molecule is COC(=O)CNC(=O)C(c1ccc(C)cc1C)N(C)C(=O)C(CC(N)=O)NC(=O)OC(C)(C)C. The zero-order valence-corrected chi connectivity index (χ0v) is 20.7. The topological polar surface area (TPSA) is 157 Å². The third-order valence-corrected chi connectivity index (χ3v) is 4.73. The molecule has 0 aliphatic heterocycles. The molecule has 188 valence electrons. The van der Waals surface area contributed by atoms with Crippen molar-refractivity contribution in [3.8, 4) is 0 Å². The Bertz CT molecular complexity index is 940. The fourth-order valence-corrected chi connectivity index (χ4v) is 3.21. The minimum absolute atomic E-state index is 0.403. The van der Waals surface area contributed by atoms with E-state index in [1.165, 1.54) is 14.2 Å². The number of primary amides is 1. The Morgan fingerprint density at radius 1 is 1.12 bits per heavy atom. The molecule has 0 fully saturated rings. The molecule has 2 unspecified atom stereocenters. The van der Waals surface area contributed by atoms with E-state index in [2.05, 4.69) is 15.4 Å². The number of carbonyl (C=O) groups excluding carboxylic acids is 5. The fourth-order valence-electron chi connectivity index (χ4n) is 3.21. The zero-order valence-electron chi connectivity index (χ0n) is 20.7. The second kappa shape index (κ2) is 12.0. The predicted molar refractivity (Wildman–Crippen MR) is 123 cm³/mol. The number of esters is 1. The van der Waals surface area contributed by atoms with Crippen LogP contribution in [0.25, 0.3) is 0 Å². The first-order valence-corrected chi connectivity index (χ1v) is 10.6. The Morgan fingerprint density at radius 3 is 2.24 bits per heavy atom. The molecule has 1 aromatic rings. The van der Waals surface area contributed by atoms with E-state index in [9.17, 15) is 24.0 Å². The summed E-state index contributed by atoms with van der Waals surface area (Å²) in [4.78, 5) is 62.9. The molecule has 34 heavy (non-hydrogen) atoms. The molecule has 0 aliphatic carbocycles. The average molecular weight is 479 g/mol. The highest BCUT2D eigenvalue weighted by Crippen LogP contribution is 2.25. The Morgan fingerprint density at radius 2 is 1.74 bits per heavy atom. The molecule has 1 rings (SSSR count). The van der Waals surface area contributed by atoms with Gasteiger partial charge in [-0.05, 0) is 45.7 Å². The third kappa shape index (κ3) is 8.72. The molecule has 0 spiro atoms. The lowest BCUT2D eigenvalue weighted by molar-refractivity contribution is -0.144. The van der Waals surface area contributed by atoms with Crippen LogP contribution in [-0.4, -0.2) is 67.0 Å². The number of amides is 4. The summed E-state index contributed by atoms with van der Waals surface area (Å²) >= 11 is 0. The van der Waals surface area contributed by atoms with E-state index in [0.29, 0.717) is 5.56 Å². The van der Waals surface area contributed by atoms with Crippen molar-refractivity contribution in [1.29, 1.82) is 0 Å². The van der Waals surface area contributed by atoms with Crippen molar-refractivity contribution < 1.29 is 33.4 Å². The molecule has 0 saturated carbocycles. The van der Waals surface area contributed by atoms with E-state index < -0.39 is 60.4 Å². The molecule has 2 atom stereocenters. The minimum atomic E-state index is -1.38. The van der Waals surface area contributed by atoms with Crippen molar-refractivity contribution in [3.05, 3.63) is 34.9 Å². The van der Waals surface area contributed by atoms with Crippen molar-refractivity contribution in [2.45, 2.75) is 58.7 Å². The molecule has 0 heterocycles. The van der Waals surface area contributed by atoms with Crippen LogP contribution in [0.2, 0.25) is 0 Å². The molecule has 11 nitrogen and oxygen atoms in total. The van der Waals surface area contributed by atoms with Crippen LogP contribution in [-0.2, 0) is 28.7 Å². The summed E-state index contributed by atoms with van der Waals surface area (Å²) in [6.45, 7) is 8.19. The van der Waals surface area contributed by atoms with Crippen LogP contribution in [0.15, 0.2) is 18.2 Å². The van der Waals surface area contributed by atoms with Gasteiger partial charge in [0.15, 0.2) is 0 Å². The van der Waals surface area contributed by atoms with Crippen LogP contribution in [0.4, 0.5) is 4.79 Å². The average Bonchev–Trinajstić information content (AvgIpc) is 2.70. The number of nitrogens with two attached hydrogens (primary N) is 1. The molecular formula is C23H34N4O7. The van der Waals surface area contributed by atoms with Gasteiger partial charge in [0, 0.05) is 7.05 Å². The fraction of sp³-hybridized carbons (Fsp3) is 0.522. The number of hydrogen-bond acceptors (Lipinski definition) is 7. The summed E-state index contributed by atoms with van der Waals surface area (Å²) in [5.74, 6) is -2.90.